The van der Waals surface area contributed by atoms with Crippen LogP contribution in [-0.4, -0.2) is 52.1 Å². The summed E-state index contributed by atoms with van der Waals surface area (Å²) in [7, 11) is 1.42. The summed E-state index contributed by atoms with van der Waals surface area (Å²) in [6.07, 6.45) is 10.7. The number of hydrogen-bond acceptors (Lipinski definition) is 5. The molecule has 0 saturated carbocycles. The number of imidazole rings is 1. The summed E-state index contributed by atoms with van der Waals surface area (Å²) in [5.74, 6) is -0.158. The van der Waals surface area contributed by atoms with Crippen LogP contribution >= 0.6 is 0 Å². The third-order valence-electron chi connectivity index (χ3n) is 7.75. The van der Waals surface area contributed by atoms with E-state index in [4.69, 9.17) is 9.72 Å². The summed E-state index contributed by atoms with van der Waals surface area (Å²) in [4.78, 5) is 23.8. The summed E-state index contributed by atoms with van der Waals surface area (Å²) in [6.45, 7) is 8.17. The summed E-state index contributed by atoms with van der Waals surface area (Å²) in [5.41, 5.74) is 10.6. The average molecular weight is 541 g/mol. The van der Waals surface area contributed by atoms with Crippen molar-refractivity contribution in [2.75, 3.05) is 26.9 Å². The summed E-state index contributed by atoms with van der Waals surface area (Å²) >= 11 is 0. The molecule has 1 aliphatic heterocycles. The fraction of sp³-hybridized carbons (Fsp3) is 0.364. The number of aromatic nitrogens is 3. The van der Waals surface area contributed by atoms with Gasteiger partial charge in [-0.1, -0.05) is 19.9 Å². The highest BCUT2D eigenvalue weighted by molar-refractivity contribution is 6.01. The Balaban J connectivity index is 0.00000158. The van der Waals surface area contributed by atoms with E-state index < -0.39 is 0 Å². The van der Waals surface area contributed by atoms with Crippen molar-refractivity contribution in [1.82, 2.24) is 19.3 Å². The van der Waals surface area contributed by atoms with E-state index in [2.05, 4.69) is 57.9 Å². The predicted octanol–water partition coefficient (Wildman–Crippen LogP) is 6.55. The quantitative estimate of drug-likeness (QED) is 0.260. The van der Waals surface area contributed by atoms with Gasteiger partial charge in [-0.2, -0.15) is 0 Å². The number of carbonyl (C=O) groups is 1. The van der Waals surface area contributed by atoms with Crippen molar-refractivity contribution in [1.29, 1.82) is 0 Å². The lowest BCUT2D eigenvalue weighted by Crippen LogP contribution is -2.46. The number of halogens is 1. The first kappa shape index (κ1) is 27.7. The molecule has 0 bridgehead atoms. The van der Waals surface area contributed by atoms with Crippen LogP contribution in [0.1, 0.15) is 70.6 Å². The van der Waals surface area contributed by atoms with Gasteiger partial charge in [0, 0.05) is 50.3 Å². The first-order valence-corrected chi connectivity index (χ1v) is 14.2. The van der Waals surface area contributed by atoms with E-state index in [1.165, 1.54) is 23.8 Å². The number of esters is 1. The molecule has 1 fully saturated rings. The van der Waals surface area contributed by atoms with Gasteiger partial charge in [0.1, 0.15) is 5.65 Å². The van der Waals surface area contributed by atoms with Gasteiger partial charge in [0.25, 0.3) is 0 Å². The molecule has 0 amide bonds. The Morgan fingerprint density at radius 1 is 1.10 bits per heavy atom. The van der Waals surface area contributed by atoms with Gasteiger partial charge in [-0.05, 0) is 95.5 Å². The number of likely N-dealkylation sites (tertiary alicyclic amines) is 1. The molecular weight excluding hydrogens is 503 g/mol. The molecule has 1 aliphatic carbocycles. The highest BCUT2D eigenvalue weighted by Crippen LogP contribution is 2.41. The molecular formula is C33H37FN4O2. The van der Waals surface area contributed by atoms with E-state index in [1.54, 1.807) is 0 Å². The Bertz CT molecular complexity index is 1550. The molecule has 2 aliphatic rings. The maximum Gasteiger partial charge on any atom is 0.337 e. The van der Waals surface area contributed by atoms with E-state index in [0.717, 1.165) is 72.5 Å². The van der Waals surface area contributed by atoms with Gasteiger partial charge in [-0.15, -0.1) is 0 Å². The number of rotatable bonds is 6. The highest BCUT2D eigenvalue weighted by atomic mass is 19.1. The second-order valence-corrected chi connectivity index (χ2v) is 10.4. The fourth-order valence-corrected chi connectivity index (χ4v) is 5.84. The zero-order chi connectivity index (χ0) is 28.2. The normalized spacial score (nSPS) is 15.6. The van der Waals surface area contributed by atoms with Crippen LogP contribution in [0.5, 0.6) is 0 Å². The third-order valence-corrected chi connectivity index (χ3v) is 7.75. The Labute approximate surface area is 235 Å². The second kappa shape index (κ2) is 12.1. The molecule has 0 N–H and O–H groups in total. The molecule has 0 unspecified atom stereocenters. The lowest BCUT2D eigenvalue weighted by atomic mass is 9.87. The van der Waals surface area contributed by atoms with Crippen molar-refractivity contribution in [3.63, 3.8) is 0 Å². The number of hydrogen-bond donors (Lipinski definition) is 0. The van der Waals surface area contributed by atoms with Crippen LogP contribution in [0, 0.1) is 12.8 Å². The Kier molecular flexibility index (Phi) is 8.40. The number of benzene rings is 1. The fourth-order valence-electron chi connectivity index (χ4n) is 5.84. The van der Waals surface area contributed by atoms with Gasteiger partial charge in [0.05, 0.1) is 25.0 Å². The molecule has 0 spiro atoms. The lowest BCUT2D eigenvalue weighted by molar-refractivity contribution is 0.0600. The van der Waals surface area contributed by atoms with Crippen LogP contribution < -0.4 is 0 Å². The molecule has 6 nitrogen and oxygen atoms in total. The molecule has 40 heavy (non-hydrogen) atoms. The topological polar surface area (TPSA) is 59.7 Å². The van der Waals surface area contributed by atoms with Crippen molar-refractivity contribution < 1.29 is 13.9 Å². The number of fused-ring (bicyclic) bond motifs is 2. The van der Waals surface area contributed by atoms with Gasteiger partial charge < -0.3 is 9.14 Å². The van der Waals surface area contributed by atoms with Gasteiger partial charge >= 0.3 is 5.97 Å². The largest absolute Gasteiger partial charge is 0.465 e. The first-order valence-electron chi connectivity index (χ1n) is 14.2. The molecule has 0 atom stereocenters. The van der Waals surface area contributed by atoms with Crippen molar-refractivity contribution in [2.45, 2.75) is 46.6 Å². The first-order chi connectivity index (χ1) is 19.5. The number of nitrogens with zero attached hydrogens (tertiary/aromatic N) is 4. The molecule has 3 aromatic heterocycles. The van der Waals surface area contributed by atoms with Crippen LogP contribution in [0.4, 0.5) is 4.39 Å². The smallest absolute Gasteiger partial charge is 0.337 e. The van der Waals surface area contributed by atoms with Crippen LogP contribution in [0.15, 0.2) is 61.2 Å². The van der Waals surface area contributed by atoms with Crippen molar-refractivity contribution in [3.8, 4) is 0 Å². The Morgan fingerprint density at radius 3 is 2.67 bits per heavy atom. The number of aryl methyl sites for hydroxylation is 2. The highest BCUT2D eigenvalue weighted by Gasteiger charge is 2.27. The van der Waals surface area contributed by atoms with Crippen LogP contribution in [0.25, 0.3) is 16.8 Å². The molecule has 7 heteroatoms. The van der Waals surface area contributed by atoms with E-state index >= 15 is 0 Å². The van der Waals surface area contributed by atoms with E-state index in [1.807, 2.05) is 38.4 Å². The second-order valence-electron chi connectivity index (χ2n) is 10.4. The third kappa shape index (κ3) is 5.43. The number of allylic oxidation sites excluding steroid dienone is 1. The van der Waals surface area contributed by atoms with E-state index in [9.17, 15) is 9.18 Å². The number of pyridine rings is 2. The average Bonchev–Trinajstić information content (AvgIpc) is 3.27. The standard InChI is InChI=1S/C31H31FN4O2.C2H6/c1-20-15-33-10-8-26(20)28-5-3-4-22-12-24(31(37)38-2)6-7-27(22)30(28)23-9-11-36-19-25(34-29(36)13-23)18-35-16-21(14-32)17-35;1-2/h6-13,15,19,21H,3-5,14,16-18H2,1-2H3;1-2H3. The van der Waals surface area contributed by atoms with Gasteiger partial charge in [-0.25, -0.2) is 9.78 Å². The molecule has 0 radical (unpaired) electrons. The minimum Gasteiger partial charge on any atom is -0.465 e. The maximum absolute atomic E-state index is 12.9. The number of methoxy groups -OCH3 is 1. The van der Waals surface area contributed by atoms with Gasteiger partial charge in [-0.3, -0.25) is 14.3 Å². The van der Waals surface area contributed by atoms with Gasteiger partial charge in [0.2, 0.25) is 0 Å². The molecule has 208 valence electrons. The Hall–Kier alpha value is -3.84. The number of ether oxygens (including phenoxy) is 1. The molecule has 1 aromatic carbocycles. The van der Waals surface area contributed by atoms with Crippen molar-refractivity contribution >= 4 is 22.8 Å². The lowest BCUT2D eigenvalue weighted by Gasteiger charge is -2.37. The SMILES string of the molecule is CC.COC(=O)c1ccc2c(c1)CCCC(c1ccncc1C)=C2c1ccn2cc(CN3CC(CF)C3)nc2c1. The minimum absolute atomic E-state index is 0.163. The monoisotopic (exact) mass is 540 g/mol. The van der Waals surface area contributed by atoms with E-state index in [0.29, 0.717) is 5.56 Å². The van der Waals surface area contributed by atoms with Crippen molar-refractivity contribution in [3.05, 3.63) is 100 Å². The van der Waals surface area contributed by atoms with E-state index in [-0.39, 0.29) is 18.6 Å². The molecule has 6 rings (SSSR count). The van der Waals surface area contributed by atoms with Gasteiger partial charge in [0.15, 0.2) is 0 Å². The number of carbonyl (C=O) groups excluding carboxylic acids is 1. The number of alkyl halides is 1. The zero-order valence-corrected chi connectivity index (χ0v) is 23.8. The Morgan fingerprint density at radius 2 is 1.93 bits per heavy atom. The zero-order valence-electron chi connectivity index (χ0n) is 23.8. The van der Waals surface area contributed by atoms with Crippen molar-refractivity contribution in [2.24, 2.45) is 5.92 Å². The summed E-state index contributed by atoms with van der Waals surface area (Å²) in [5, 5.41) is 0. The summed E-state index contributed by atoms with van der Waals surface area (Å²) in [6, 6.07) is 12.3. The summed E-state index contributed by atoms with van der Waals surface area (Å²) < 4.78 is 19.9. The molecule has 4 aromatic rings. The van der Waals surface area contributed by atoms with Crippen LogP contribution in [0.2, 0.25) is 0 Å². The molecule has 4 heterocycles. The predicted molar refractivity (Wildman–Crippen MR) is 157 cm³/mol. The van der Waals surface area contributed by atoms with Crippen LogP contribution in [-0.2, 0) is 17.7 Å². The molecule has 1 saturated heterocycles. The van der Waals surface area contributed by atoms with Crippen LogP contribution in [0.3, 0.4) is 0 Å². The minimum atomic E-state index is -0.320. The maximum atomic E-state index is 12.9.